The minimum absolute atomic E-state index is 0.0360. The number of nitrogens with one attached hydrogen (secondary N) is 1. The molecule has 3 aromatic carbocycles. The van der Waals surface area contributed by atoms with E-state index in [0.29, 0.717) is 22.6 Å². The van der Waals surface area contributed by atoms with Crippen molar-refractivity contribution in [2.24, 2.45) is 5.16 Å². The Hall–Kier alpha value is -3.18. The summed E-state index contributed by atoms with van der Waals surface area (Å²) in [4.78, 5) is 7.74. The summed E-state index contributed by atoms with van der Waals surface area (Å²) in [6.45, 7) is 0. The van der Waals surface area contributed by atoms with Gasteiger partial charge in [0.1, 0.15) is 17.4 Å². The molecule has 1 aliphatic rings. The monoisotopic (exact) mass is 363 g/mol. The van der Waals surface area contributed by atoms with Crippen molar-refractivity contribution in [2.45, 2.75) is 0 Å². The number of benzene rings is 3. The van der Waals surface area contributed by atoms with E-state index in [9.17, 15) is 9.60 Å². The standard InChI is InChI=1S/C20H11ClFN3O/c21-14-8-16-17(9-15(14)22)24-20(23-16)13-7-3-6-12-18(13)10-4-1-2-5-11(10)19(12)25-26/h1-9,26H,(H,23,24)/b25-19-. The summed E-state index contributed by atoms with van der Waals surface area (Å²) in [5, 5.41) is 13.0. The van der Waals surface area contributed by atoms with E-state index in [0.717, 1.165) is 27.8 Å². The first-order valence-electron chi connectivity index (χ1n) is 7.97. The number of hydrogen-bond donors (Lipinski definition) is 2. The van der Waals surface area contributed by atoms with E-state index in [4.69, 9.17) is 11.6 Å². The lowest BCUT2D eigenvalue weighted by Gasteiger charge is -2.06. The number of halogens is 2. The Morgan fingerprint density at radius 2 is 1.69 bits per heavy atom. The molecule has 0 fully saturated rings. The molecule has 6 heteroatoms. The van der Waals surface area contributed by atoms with Gasteiger partial charge in [-0.2, -0.15) is 0 Å². The maximum absolute atomic E-state index is 13.8. The van der Waals surface area contributed by atoms with Crippen molar-refractivity contribution in [2.75, 3.05) is 0 Å². The molecule has 0 radical (unpaired) electrons. The molecular formula is C20H11ClFN3O. The molecule has 0 aliphatic heterocycles. The molecule has 26 heavy (non-hydrogen) atoms. The largest absolute Gasteiger partial charge is 0.410 e. The van der Waals surface area contributed by atoms with Gasteiger partial charge in [0.15, 0.2) is 0 Å². The molecule has 0 bridgehead atoms. The molecular weight excluding hydrogens is 353 g/mol. The molecule has 1 aromatic heterocycles. The molecule has 0 amide bonds. The average molecular weight is 364 g/mol. The van der Waals surface area contributed by atoms with Gasteiger partial charge in [-0.3, -0.25) is 0 Å². The smallest absolute Gasteiger partial charge is 0.144 e. The third kappa shape index (κ3) is 2.01. The third-order valence-electron chi connectivity index (χ3n) is 4.65. The zero-order valence-corrected chi connectivity index (χ0v) is 14.0. The molecule has 0 saturated heterocycles. The van der Waals surface area contributed by atoms with Crippen LogP contribution in [0.5, 0.6) is 0 Å². The SMILES string of the molecule is O/N=C1/c2ccccc2-c2c1cccc2-c1nc2cc(Cl)c(F)cc2[nH]1. The second-order valence-electron chi connectivity index (χ2n) is 6.09. The van der Waals surface area contributed by atoms with Crippen LogP contribution < -0.4 is 0 Å². The van der Waals surface area contributed by atoms with Crippen molar-refractivity contribution in [3.8, 4) is 22.5 Å². The fraction of sp³-hybridized carbons (Fsp3) is 0. The molecule has 1 aliphatic carbocycles. The first-order valence-corrected chi connectivity index (χ1v) is 8.35. The third-order valence-corrected chi connectivity index (χ3v) is 4.94. The molecule has 1 heterocycles. The molecule has 0 spiro atoms. The normalized spacial score (nSPS) is 14.0. The number of nitrogens with zero attached hydrogens (tertiary/aromatic N) is 2. The van der Waals surface area contributed by atoms with E-state index in [1.807, 2.05) is 42.5 Å². The number of fused-ring (bicyclic) bond motifs is 4. The fourth-order valence-corrected chi connectivity index (χ4v) is 3.69. The lowest BCUT2D eigenvalue weighted by Crippen LogP contribution is -1.97. The van der Waals surface area contributed by atoms with E-state index in [1.165, 1.54) is 12.1 Å². The van der Waals surface area contributed by atoms with Crippen molar-refractivity contribution in [3.05, 3.63) is 76.6 Å². The van der Waals surface area contributed by atoms with Gasteiger partial charge >= 0.3 is 0 Å². The van der Waals surface area contributed by atoms with Crippen LogP contribution in [-0.4, -0.2) is 20.9 Å². The van der Waals surface area contributed by atoms with Gasteiger partial charge in [-0.1, -0.05) is 59.2 Å². The van der Waals surface area contributed by atoms with E-state index >= 15 is 0 Å². The van der Waals surface area contributed by atoms with Crippen LogP contribution in [-0.2, 0) is 0 Å². The Balaban J connectivity index is 1.81. The minimum Gasteiger partial charge on any atom is -0.410 e. The van der Waals surface area contributed by atoms with Crippen molar-refractivity contribution in [1.29, 1.82) is 0 Å². The summed E-state index contributed by atoms with van der Waals surface area (Å²) >= 11 is 5.87. The topological polar surface area (TPSA) is 61.3 Å². The number of oxime groups is 1. The van der Waals surface area contributed by atoms with Crippen LogP contribution in [0, 0.1) is 5.82 Å². The highest BCUT2D eigenvalue weighted by molar-refractivity contribution is 6.31. The summed E-state index contributed by atoms with van der Waals surface area (Å²) in [6.07, 6.45) is 0. The maximum atomic E-state index is 13.8. The number of H-pyrrole nitrogens is 1. The van der Waals surface area contributed by atoms with E-state index in [1.54, 1.807) is 0 Å². The molecule has 126 valence electrons. The van der Waals surface area contributed by atoms with Gasteiger partial charge in [0.2, 0.25) is 0 Å². The summed E-state index contributed by atoms with van der Waals surface area (Å²) < 4.78 is 13.8. The predicted octanol–water partition coefficient (Wildman–Crippen LogP) is 5.23. The molecule has 4 aromatic rings. The zero-order valence-electron chi connectivity index (χ0n) is 13.3. The molecule has 0 unspecified atom stereocenters. The Morgan fingerprint density at radius 3 is 2.50 bits per heavy atom. The molecule has 4 nitrogen and oxygen atoms in total. The predicted molar refractivity (Wildman–Crippen MR) is 99.4 cm³/mol. The molecule has 0 atom stereocenters. The fourth-order valence-electron chi connectivity index (χ4n) is 3.53. The van der Waals surface area contributed by atoms with Gasteiger partial charge in [0.25, 0.3) is 0 Å². The molecule has 5 rings (SSSR count). The molecule has 0 saturated carbocycles. The van der Waals surface area contributed by atoms with Crippen LogP contribution in [0.1, 0.15) is 11.1 Å². The molecule has 2 N–H and O–H groups in total. The maximum Gasteiger partial charge on any atom is 0.144 e. The number of aromatic amines is 1. The van der Waals surface area contributed by atoms with Crippen molar-refractivity contribution < 1.29 is 9.60 Å². The summed E-state index contributed by atoms with van der Waals surface area (Å²) in [6, 6.07) is 16.3. The second-order valence-corrected chi connectivity index (χ2v) is 6.50. The number of imidazole rings is 1. The minimum atomic E-state index is -0.493. The van der Waals surface area contributed by atoms with Crippen molar-refractivity contribution >= 4 is 28.3 Å². The van der Waals surface area contributed by atoms with Gasteiger partial charge in [-0.15, -0.1) is 0 Å². The van der Waals surface area contributed by atoms with Crippen molar-refractivity contribution in [1.82, 2.24) is 9.97 Å². The van der Waals surface area contributed by atoms with Crippen LogP contribution >= 0.6 is 11.6 Å². The van der Waals surface area contributed by atoms with Crippen molar-refractivity contribution in [3.63, 3.8) is 0 Å². The Labute approximate surface area is 152 Å². The van der Waals surface area contributed by atoms with E-state index in [2.05, 4.69) is 15.1 Å². The first-order chi connectivity index (χ1) is 12.7. The average Bonchev–Trinajstić information content (AvgIpc) is 3.20. The van der Waals surface area contributed by atoms with Gasteiger partial charge in [-0.25, -0.2) is 9.37 Å². The lowest BCUT2D eigenvalue weighted by atomic mass is 9.99. The van der Waals surface area contributed by atoms with Gasteiger partial charge in [0.05, 0.1) is 16.1 Å². The van der Waals surface area contributed by atoms with Crippen LogP contribution in [0.4, 0.5) is 4.39 Å². The Kier molecular flexibility index (Phi) is 3.14. The quantitative estimate of drug-likeness (QED) is 0.316. The van der Waals surface area contributed by atoms with Crippen LogP contribution in [0.2, 0.25) is 5.02 Å². The van der Waals surface area contributed by atoms with Gasteiger partial charge < -0.3 is 10.2 Å². The van der Waals surface area contributed by atoms with Crippen LogP contribution in [0.15, 0.2) is 59.8 Å². The summed E-state index contributed by atoms with van der Waals surface area (Å²) in [5.41, 5.74) is 6.13. The number of rotatable bonds is 1. The van der Waals surface area contributed by atoms with Crippen LogP contribution in [0.3, 0.4) is 0 Å². The lowest BCUT2D eigenvalue weighted by molar-refractivity contribution is 0.320. The number of hydrogen-bond acceptors (Lipinski definition) is 3. The Morgan fingerprint density at radius 1 is 0.962 bits per heavy atom. The zero-order chi connectivity index (χ0) is 17.8. The van der Waals surface area contributed by atoms with Crippen LogP contribution in [0.25, 0.3) is 33.5 Å². The summed E-state index contributed by atoms with van der Waals surface area (Å²) in [5.74, 6) is 0.111. The highest BCUT2D eigenvalue weighted by Gasteiger charge is 2.28. The highest BCUT2D eigenvalue weighted by atomic mass is 35.5. The Bertz CT molecular complexity index is 1190. The highest BCUT2D eigenvalue weighted by Crippen LogP contribution is 2.42. The number of aromatic nitrogens is 2. The summed E-state index contributed by atoms with van der Waals surface area (Å²) in [7, 11) is 0. The van der Waals surface area contributed by atoms with Gasteiger partial charge in [-0.05, 0) is 11.6 Å². The van der Waals surface area contributed by atoms with E-state index in [-0.39, 0.29) is 5.02 Å². The van der Waals surface area contributed by atoms with E-state index < -0.39 is 5.82 Å². The second kappa shape index (κ2) is 5.41. The van der Waals surface area contributed by atoms with Gasteiger partial charge in [0, 0.05) is 28.3 Å². The first kappa shape index (κ1) is 15.1.